The number of hydrogen-bond donors (Lipinski definition) is 1. The van der Waals surface area contributed by atoms with Gasteiger partial charge in [-0.1, -0.05) is 44.2 Å². The minimum atomic E-state index is -0.214. The highest BCUT2D eigenvalue weighted by atomic mass is 16.2. The lowest BCUT2D eigenvalue weighted by molar-refractivity contribution is -0.124. The van der Waals surface area contributed by atoms with Gasteiger partial charge in [0.15, 0.2) is 0 Å². The van der Waals surface area contributed by atoms with Crippen LogP contribution in [0.1, 0.15) is 51.5 Å². The third-order valence-corrected chi connectivity index (χ3v) is 4.81. The van der Waals surface area contributed by atoms with Gasteiger partial charge >= 0.3 is 0 Å². The SMILES string of the molecule is CC1(C)CCC(NC(=O)C2(c3ccccc3)CC2)C1. The molecule has 0 spiro atoms. The largest absolute Gasteiger partial charge is 0.353 e. The molecule has 2 fully saturated rings. The molecule has 2 nitrogen and oxygen atoms in total. The van der Waals surface area contributed by atoms with E-state index in [1.54, 1.807) is 0 Å². The van der Waals surface area contributed by atoms with Gasteiger partial charge in [-0.05, 0) is 43.1 Å². The van der Waals surface area contributed by atoms with Crippen LogP contribution >= 0.6 is 0 Å². The Kier molecular flexibility index (Phi) is 2.92. The van der Waals surface area contributed by atoms with E-state index in [0.717, 1.165) is 25.7 Å². The van der Waals surface area contributed by atoms with Gasteiger partial charge in [0.05, 0.1) is 5.41 Å². The molecule has 19 heavy (non-hydrogen) atoms. The zero-order valence-corrected chi connectivity index (χ0v) is 11.9. The van der Waals surface area contributed by atoms with Crippen molar-refractivity contribution in [3.8, 4) is 0 Å². The Morgan fingerprint density at radius 2 is 1.84 bits per heavy atom. The van der Waals surface area contributed by atoms with Crippen molar-refractivity contribution in [3.05, 3.63) is 35.9 Å². The number of carbonyl (C=O) groups is 1. The maximum atomic E-state index is 12.6. The highest BCUT2D eigenvalue weighted by Crippen LogP contribution is 2.49. The Morgan fingerprint density at radius 3 is 2.37 bits per heavy atom. The van der Waals surface area contributed by atoms with Gasteiger partial charge in [0.25, 0.3) is 0 Å². The average molecular weight is 257 g/mol. The van der Waals surface area contributed by atoms with Crippen molar-refractivity contribution >= 4 is 5.91 Å². The zero-order chi connectivity index (χ0) is 13.5. The first kappa shape index (κ1) is 12.7. The molecular weight excluding hydrogens is 234 g/mol. The van der Waals surface area contributed by atoms with Gasteiger partial charge in [-0.25, -0.2) is 0 Å². The van der Waals surface area contributed by atoms with E-state index in [1.807, 2.05) is 18.2 Å². The third-order valence-electron chi connectivity index (χ3n) is 4.81. The number of nitrogens with one attached hydrogen (secondary N) is 1. The Hall–Kier alpha value is -1.31. The molecule has 0 aliphatic heterocycles. The zero-order valence-electron chi connectivity index (χ0n) is 11.9. The van der Waals surface area contributed by atoms with Crippen molar-refractivity contribution < 1.29 is 4.79 Å². The first-order valence-electron chi connectivity index (χ1n) is 7.38. The fourth-order valence-corrected chi connectivity index (χ4v) is 3.41. The molecule has 2 aliphatic carbocycles. The number of hydrogen-bond acceptors (Lipinski definition) is 1. The van der Waals surface area contributed by atoms with Crippen molar-refractivity contribution in [1.29, 1.82) is 0 Å². The van der Waals surface area contributed by atoms with Crippen molar-refractivity contribution in [2.24, 2.45) is 5.41 Å². The van der Waals surface area contributed by atoms with Crippen molar-refractivity contribution in [3.63, 3.8) is 0 Å². The molecule has 1 unspecified atom stereocenters. The van der Waals surface area contributed by atoms with Crippen LogP contribution in [0.15, 0.2) is 30.3 Å². The predicted octanol–water partition coefficient (Wildman–Crippen LogP) is 3.41. The van der Waals surface area contributed by atoms with Gasteiger partial charge in [0.2, 0.25) is 5.91 Å². The van der Waals surface area contributed by atoms with E-state index < -0.39 is 0 Å². The van der Waals surface area contributed by atoms with E-state index in [4.69, 9.17) is 0 Å². The second-order valence-corrected chi connectivity index (χ2v) is 7.03. The lowest BCUT2D eigenvalue weighted by Gasteiger charge is -2.21. The summed E-state index contributed by atoms with van der Waals surface area (Å²) in [4.78, 5) is 12.6. The van der Waals surface area contributed by atoms with Crippen LogP contribution in [0, 0.1) is 5.41 Å². The van der Waals surface area contributed by atoms with Gasteiger partial charge in [0.1, 0.15) is 0 Å². The summed E-state index contributed by atoms with van der Waals surface area (Å²) in [6.07, 6.45) is 5.46. The van der Waals surface area contributed by atoms with Crippen LogP contribution in [-0.2, 0) is 10.2 Å². The molecule has 1 aromatic rings. The van der Waals surface area contributed by atoms with E-state index >= 15 is 0 Å². The standard InChI is InChI=1S/C17H23NO/c1-16(2)9-8-14(12-16)18-15(19)17(10-11-17)13-6-4-3-5-7-13/h3-7,14H,8-12H2,1-2H3,(H,18,19). The van der Waals surface area contributed by atoms with Gasteiger partial charge in [-0.2, -0.15) is 0 Å². The molecule has 0 saturated heterocycles. The second-order valence-electron chi connectivity index (χ2n) is 7.03. The fraction of sp³-hybridized carbons (Fsp3) is 0.588. The van der Waals surface area contributed by atoms with Crippen LogP contribution in [0.4, 0.5) is 0 Å². The minimum Gasteiger partial charge on any atom is -0.353 e. The molecule has 1 amide bonds. The molecule has 2 saturated carbocycles. The number of rotatable bonds is 3. The third kappa shape index (κ3) is 2.41. The van der Waals surface area contributed by atoms with Crippen LogP contribution in [0.3, 0.4) is 0 Å². The lowest BCUT2D eigenvalue weighted by atomic mass is 9.91. The van der Waals surface area contributed by atoms with Crippen LogP contribution in [0.25, 0.3) is 0 Å². The Labute approximate surface area is 115 Å². The topological polar surface area (TPSA) is 29.1 Å². The van der Waals surface area contributed by atoms with Crippen molar-refractivity contribution in [1.82, 2.24) is 5.32 Å². The van der Waals surface area contributed by atoms with E-state index in [-0.39, 0.29) is 11.3 Å². The van der Waals surface area contributed by atoms with E-state index in [9.17, 15) is 4.79 Å². The van der Waals surface area contributed by atoms with Crippen LogP contribution in [0.2, 0.25) is 0 Å². The Bertz CT molecular complexity index is 473. The quantitative estimate of drug-likeness (QED) is 0.883. The lowest BCUT2D eigenvalue weighted by Crippen LogP contribution is -2.40. The monoisotopic (exact) mass is 257 g/mol. The van der Waals surface area contributed by atoms with E-state index in [2.05, 4.69) is 31.3 Å². The van der Waals surface area contributed by atoms with Crippen LogP contribution in [-0.4, -0.2) is 11.9 Å². The molecule has 1 aromatic carbocycles. The first-order chi connectivity index (χ1) is 9.02. The van der Waals surface area contributed by atoms with Crippen LogP contribution in [0.5, 0.6) is 0 Å². The molecule has 0 bridgehead atoms. The van der Waals surface area contributed by atoms with Gasteiger partial charge in [-0.3, -0.25) is 4.79 Å². The summed E-state index contributed by atoms with van der Waals surface area (Å²) in [5.74, 6) is 0.251. The Morgan fingerprint density at radius 1 is 1.16 bits per heavy atom. The second kappa shape index (κ2) is 4.36. The molecule has 3 rings (SSSR count). The van der Waals surface area contributed by atoms with E-state index in [0.29, 0.717) is 11.5 Å². The summed E-state index contributed by atoms with van der Waals surface area (Å²) < 4.78 is 0. The summed E-state index contributed by atoms with van der Waals surface area (Å²) >= 11 is 0. The van der Waals surface area contributed by atoms with Gasteiger partial charge < -0.3 is 5.32 Å². The molecule has 2 aliphatic rings. The molecule has 0 radical (unpaired) electrons. The summed E-state index contributed by atoms with van der Waals surface area (Å²) in [6, 6.07) is 10.6. The molecule has 0 aromatic heterocycles. The average Bonchev–Trinajstić information content (AvgIpc) is 3.12. The van der Waals surface area contributed by atoms with Crippen molar-refractivity contribution in [2.45, 2.75) is 57.4 Å². The highest BCUT2D eigenvalue weighted by Gasteiger charge is 2.51. The smallest absolute Gasteiger partial charge is 0.230 e. The Balaban J connectivity index is 1.68. The van der Waals surface area contributed by atoms with Gasteiger partial charge in [0, 0.05) is 6.04 Å². The summed E-state index contributed by atoms with van der Waals surface area (Å²) in [5.41, 5.74) is 1.36. The maximum Gasteiger partial charge on any atom is 0.230 e. The molecular formula is C17H23NO. The molecule has 0 heterocycles. The fourth-order valence-electron chi connectivity index (χ4n) is 3.41. The summed E-state index contributed by atoms with van der Waals surface area (Å²) in [6.45, 7) is 4.59. The highest BCUT2D eigenvalue weighted by molar-refractivity contribution is 5.91. The summed E-state index contributed by atoms with van der Waals surface area (Å²) in [5, 5.41) is 3.30. The molecule has 1 atom stereocenters. The molecule has 102 valence electrons. The minimum absolute atomic E-state index is 0.214. The van der Waals surface area contributed by atoms with Crippen LogP contribution < -0.4 is 5.32 Å². The normalized spacial score (nSPS) is 26.9. The van der Waals surface area contributed by atoms with Crippen molar-refractivity contribution in [2.75, 3.05) is 0 Å². The van der Waals surface area contributed by atoms with E-state index in [1.165, 1.54) is 12.0 Å². The number of amides is 1. The summed E-state index contributed by atoms with van der Waals surface area (Å²) in [7, 11) is 0. The molecule has 1 N–H and O–H groups in total. The number of carbonyl (C=O) groups excluding carboxylic acids is 1. The number of benzene rings is 1. The maximum absolute atomic E-state index is 12.6. The predicted molar refractivity (Wildman–Crippen MR) is 76.9 cm³/mol. The first-order valence-corrected chi connectivity index (χ1v) is 7.38. The molecule has 2 heteroatoms. The van der Waals surface area contributed by atoms with Gasteiger partial charge in [-0.15, -0.1) is 0 Å².